The summed E-state index contributed by atoms with van der Waals surface area (Å²) >= 11 is 0. The number of nitrogens with zero attached hydrogens (tertiary/aromatic N) is 2. The van der Waals surface area contributed by atoms with Crippen LogP contribution < -0.4 is 5.32 Å². The molecule has 5 nitrogen and oxygen atoms in total. The molecule has 1 atom stereocenters. The molecule has 3 rings (SSSR count). The van der Waals surface area contributed by atoms with Crippen molar-refractivity contribution < 1.29 is 9.53 Å². The van der Waals surface area contributed by atoms with Crippen LogP contribution in [0.4, 0.5) is 0 Å². The lowest BCUT2D eigenvalue weighted by Gasteiger charge is -2.34. The van der Waals surface area contributed by atoms with E-state index in [0.717, 1.165) is 58.0 Å². The van der Waals surface area contributed by atoms with E-state index in [-0.39, 0.29) is 36.8 Å². The molecular formula is C17H27Cl2N3O2. The largest absolute Gasteiger partial charge is 0.379 e. The van der Waals surface area contributed by atoms with Gasteiger partial charge in [0.05, 0.1) is 13.2 Å². The molecule has 136 valence electrons. The summed E-state index contributed by atoms with van der Waals surface area (Å²) in [6, 6.07) is 8.33. The van der Waals surface area contributed by atoms with E-state index in [1.54, 1.807) is 0 Å². The Morgan fingerprint density at radius 1 is 1.25 bits per heavy atom. The molecule has 2 fully saturated rings. The number of nitrogens with one attached hydrogen (secondary N) is 1. The number of hydrogen-bond acceptors (Lipinski definition) is 4. The highest BCUT2D eigenvalue weighted by Crippen LogP contribution is 2.14. The monoisotopic (exact) mass is 375 g/mol. The van der Waals surface area contributed by atoms with Crippen molar-refractivity contribution in [1.82, 2.24) is 15.1 Å². The minimum absolute atomic E-state index is 0. The van der Waals surface area contributed by atoms with Crippen LogP contribution in [0.2, 0.25) is 0 Å². The van der Waals surface area contributed by atoms with E-state index in [4.69, 9.17) is 4.74 Å². The molecular weight excluding hydrogens is 349 g/mol. The third kappa shape index (κ3) is 5.33. The molecule has 0 saturated carbocycles. The maximum atomic E-state index is 12.7. The molecule has 0 unspecified atom stereocenters. The van der Waals surface area contributed by atoms with Crippen LogP contribution in [-0.2, 0) is 11.3 Å². The second-order valence-corrected chi connectivity index (χ2v) is 6.14. The number of hydrogen-bond donors (Lipinski definition) is 1. The Bertz CT molecular complexity index is 524. The highest BCUT2D eigenvalue weighted by atomic mass is 35.5. The van der Waals surface area contributed by atoms with Gasteiger partial charge in [0.2, 0.25) is 0 Å². The molecule has 0 radical (unpaired) electrons. The van der Waals surface area contributed by atoms with E-state index < -0.39 is 0 Å². The molecule has 1 aromatic carbocycles. The molecule has 1 amide bonds. The number of morpholine rings is 1. The zero-order valence-corrected chi connectivity index (χ0v) is 15.7. The molecule has 0 aromatic heterocycles. The van der Waals surface area contributed by atoms with Crippen molar-refractivity contribution in [2.24, 2.45) is 0 Å². The molecule has 2 aliphatic heterocycles. The van der Waals surface area contributed by atoms with Crippen LogP contribution in [0.25, 0.3) is 0 Å². The van der Waals surface area contributed by atoms with Gasteiger partial charge in [-0.25, -0.2) is 0 Å². The highest BCUT2D eigenvalue weighted by molar-refractivity contribution is 5.94. The van der Waals surface area contributed by atoms with Crippen molar-refractivity contribution in [3.05, 3.63) is 35.4 Å². The average molecular weight is 376 g/mol. The van der Waals surface area contributed by atoms with Crippen LogP contribution in [0, 0.1) is 0 Å². The van der Waals surface area contributed by atoms with Crippen molar-refractivity contribution in [3.63, 3.8) is 0 Å². The SMILES string of the molecule is C[C@H]1CNCCN1C(=O)c1cccc(CN2CCOCC2)c1.Cl.Cl. The van der Waals surface area contributed by atoms with E-state index in [1.807, 2.05) is 23.1 Å². The first-order valence-corrected chi connectivity index (χ1v) is 8.15. The first-order chi connectivity index (χ1) is 10.7. The van der Waals surface area contributed by atoms with Crippen molar-refractivity contribution >= 4 is 30.7 Å². The molecule has 1 aromatic rings. The quantitative estimate of drug-likeness (QED) is 0.874. The number of amides is 1. The number of halogens is 2. The summed E-state index contributed by atoms with van der Waals surface area (Å²) < 4.78 is 5.38. The molecule has 0 aliphatic carbocycles. The van der Waals surface area contributed by atoms with Crippen LogP contribution >= 0.6 is 24.8 Å². The second kappa shape index (κ2) is 10.2. The van der Waals surface area contributed by atoms with Gasteiger partial charge in [-0.1, -0.05) is 12.1 Å². The van der Waals surface area contributed by atoms with Gasteiger partial charge in [-0.05, 0) is 24.6 Å². The minimum atomic E-state index is 0. The van der Waals surface area contributed by atoms with Gasteiger partial charge in [-0.2, -0.15) is 0 Å². The fourth-order valence-corrected chi connectivity index (χ4v) is 3.13. The second-order valence-electron chi connectivity index (χ2n) is 6.14. The Hall–Kier alpha value is -0.850. The van der Waals surface area contributed by atoms with Crippen LogP contribution in [0.3, 0.4) is 0 Å². The maximum absolute atomic E-state index is 12.7. The van der Waals surface area contributed by atoms with Gasteiger partial charge in [-0.3, -0.25) is 9.69 Å². The Labute approximate surface area is 156 Å². The first kappa shape index (κ1) is 21.2. The van der Waals surface area contributed by atoms with Crippen molar-refractivity contribution in [3.8, 4) is 0 Å². The van der Waals surface area contributed by atoms with E-state index in [9.17, 15) is 4.79 Å². The van der Waals surface area contributed by atoms with E-state index >= 15 is 0 Å². The Morgan fingerprint density at radius 3 is 2.71 bits per heavy atom. The number of carbonyl (C=O) groups excluding carboxylic acids is 1. The molecule has 2 heterocycles. The summed E-state index contributed by atoms with van der Waals surface area (Å²) in [5.74, 6) is 0.151. The Morgan fingerprint density at radius 2 is 2.00 bits per heavy atom. The molecule has 7 heteroatoms. The summed E-state index contributed by atoms with van der Waals surface area (Å²) in [4.78, 5) is 17.1. The predicted octanol–water partition coefficient (Wildman–Crippen LogP) is 1.80. The van der Waals surface area contributed by atoms with Crippen molar-refractivity contribution in [2.75, 3.05) is 45.9 Å². The zero-order chi connectivity index (χ0) is 15.4. The van der Waals surface area contributed by atoms with Crippen LogP contribution in [-0.4, -0.2) is 67.7 Å². The Kier molecular flexibility index (Phi) is 9.02. The topological polar surface area (TPSA) is 44.8 Å². The van der Waals surface area contributed by atoms with E-state index in [1.165, 1.54) is 5.56 Å². The van der Waals surface area contributed by atoms with Crippen LogP contribution in [0.15, 0.2) is 24.3 Å². The van der Waals surface area contributed by atoms with Gasteiger partial charge in [0, 0.05) is 50.9 Å². The van der Waals surface area contributed by atoms with E-state index in [2.05, 4.69) is 23.2 Å². The van der Waals surface area contributed by atoms with Gasteiger partial charge in [0.25, 0.3) is 5.91 Å². The lowest BCUT2D eigenvalue weighted by molar-refractivity contribution is 0.0341. The maximum Gasteiger partial charge on any atom is 0.254 e. The third-order valence-corrected chi connectivity index (χ3v) is 4.45. The van der Waals surface area contributed by atoms with Gasteiger partial charge in [-0.15, -0.1) is 24.8 Å². The number of piperazine rings is 1. The summed E-state index contributed by atoms with van der Waals surface area (Å²) in [6.07, 6.45) is 0. The summed E-state index contributed by atoms with van der Waals surface area (Å²) in [6.45, 7) is 9.06. The molecule has 2 saturated heterocycles. The minimum Gasteiger partial charge on any atom is -0.379 e. The molecule has 2 aliphatic rings. The van der Waals surface area contributed by atoms with Gasteiger partial charge in [0.1, 0.15) is 0 Å². The van der Waals surface area contributed by atoms with Crippen molar-refractivity contribution in [2.45, 2.75) is 19.5 Å². The standard InChI is InChI=1S/C17H25N3O2.2ClH/c1-14-12-18-5-6-20(14)17(21)16-4-2-3-15(11-16)13-19-7-9-22-10-8-19;;/h2-4,11,14,18H,5-10,12-13H2,1H3;2*1H/t14-;;/m0../s1. The third-order valence-electron chi connectivity index (χ3n) is 4.45. The fourth-order valence-electron chi connectivity index (χ4n) is 3.13. The van der Waals surface area contributed by atoms with E-state index in [0.29, 0.717) is 0 Å². The lowest BCUT2D eigenvalue weighted by atomic mass is 10.1. The predicted molar refractivity (Wildman–Crippen MR) is 100 cm³/mol. The summed E-state index contributed by atoms with van der Waals surface area (Å²) in [5.41, 5.74) is 2.01. The molecule has 1 N–H and O–H groups in total. The van der Waals surface area contributed by atoms with Gasteiger partial charge < -0.3 is 15.0 Å². The molecule has 0 bridgehead atoms. The normalized spacial score (nSPS) is 21.5. The summed E-state index contributed by atoms with van der Waals surface area (Å²) in [7, 11) is 0. The van der Waals surface area contributed by atoms with Gasteiger partial charge >= 0.3 is 0 Å². The lowest BCUT2D eigenvalue weighted by Crippen LogP contribution is -2.52. The fraction of sp³-hybridized carbons (Fsp3) is 0.588. The average Bonchev–Trinajstić information content (AvgIpc) is 2.56. The van der Waals surface area contributed by atoms with Crippen molar-refractivity contribution in [1.29, 1.82) is 0 Å². The first-order valence-electron chi connectivity index (χ1n) is 8.15. The van der Waals surface area contributed by atoms with Gasteiger partial charge in [0.15, 0.2) is 0 Å². The number of rotatable bonds is 3. The highest BCUT2D eigenvalue weighted by Gasteiger charge is 2.24. The smallest absolute Gasteiger partial charge is 0.254 e. The summed E-state index contributed by atoms with van der Waals surface area (Å²) in [5, 5.41) is 3.32. The van der Waals surface area contributed by atoms with Crippen LogP contribution in [0.5, 0.6) is 0 Å². The number of benzene rings is 1. The number of ether oxygens (including phenoxy) is 1. The molecule has 24 heavy (non-hydrogen) atoms. The van der Waals surface area contributed by atoms with Crippen LogP contribution in [0.1, 0.15) is 22.8 Å². The zero-order valence-electron chi connectivity index (χ0n) is 14.1. The molecule has 0 spiro atoms. The number of carbonyl (C=O) groups is 1. The Balaban J connectivity index is 0.00000144.